The Morgan fingerprint density at radius 3 is 2.48 bits per heavy atom. The Balaban J connectivity index is 2.26. The molecule has 0 aliphatic rings. The third-order valence-electron chi connectivity index (χ3n) is 3.59. The van der Waals surface area contributed by atoms with Gasteiger partial charge in [-0.3, -0.25) is 9.78 Å². The highest BCUT2D eigenvalue weighted by Gasteiger charge is 2.23. The fraction of sp³-hybridized carbons (Fsp3) is 0.500. The molecule has 2 heterocycles. The lowest BCUT2D eigenvalue weighted by atomic mass is 10.2. The molecule has 21 heavy (non-hydrogen) atoms. The van der Waals surface area contributed by atoms with Crippen LogP contribution in [0.1, 0.15) is 28.2 Å². The summed E-state index contributed by atoms with van der Waals surface area (Å²) in [6.45, 7) is 5.77. The lowest BCUT2D eigenvalue weighted by molar-refractivity contribution is 0.575. The van der Waals surface area contributed by atoms with E-state index in [1.54, 1.807) is 11.6 Å². The number of nitrogens with zero attached hydrogens (tertiary/aromatic N) is 3. The van der Waals surface area contributed by atoms with Crippen LogP contribution in [0.5, 0.6) is 0 Å². The van der Waals surface area contributed by atoms with Crippen LogP contribution in [-0.4, -0.2) is 28.4 Å². The molecule has 0 bridgehead atoms. The zero-order valence-electron chi connectivity index (χ0n) is 12.6. The van der Waals surface area contributed by atoms with Gasteiger partial charge < -0.3 is 5.73 Å². The Morgan fingerprint density at radius 2 is 1.95 bits per heavy atom. The van der Waals surface area contributed by atoms with E-state index in [1.165, 1.54) is 0 Å². The fourth-order valence-electron chi connectivity index (χ4n) is 2.20. The number of hydrogen-bond acceptors (Lipinski definition) is 5. The second-order valence-electron chi connectivity index (χ2n) is 4.93. The summed E-state index contributed by atoms with van der Waals surface area (Å²) in [5.74, 6) is 0. The van der Waals surface area contributed by atoms with Crippen molar-refractivity contribution in [3.8, 4) is 0 Å². The molecular formula is C12H20N6O2S. The van der Waals surface area contributed by atoms with Gasteiger partial charge in [0, 0.05) is 42.7 Å². The summed E-state index contributed by atoms with van der Waals surface area (Å²) in [7, 11) is -1.89. The number of aromatic amines is 1. The van der Waals surface area contributed by atoms with E-state index in [-0.39, 0.29) is 18.1 Å². The summed E-state index contributed by atoms with van der Waals surface area (Å²) >= 11 is 0. The van der Waals surface area contributed by atoms with Gasteiger partial charge in [-0.2, -0.15) is 10.2 Å². The summed E-state index contributed by atoms with van der Waals surface area (Å²) in [5.41, 5.74) is 9.33. The number of aryl methyl sites for hydroxylation is 3. The number of sulfonamides is 1. The van der Waals surface area contributed by atoms with E-state index in [4.69, 9.17) is 5.73 Å². The second-order valence-corrected chi connectivity index (χ2v) is 6.62. The van der Waals surface area contributed by atoms with Gasteiger partial charge in [0.15, 0.2) is 5.03 Å². The molecule has 116 valence electrons. The highest BCUT2D eigenvalue weighted by atomic mass is 32.2. The molecule has 0 aliphatic heterocycles. The molecule has 2 rings (SSSR count). The first-order valence-electron chi connectivity index (χ1n) is 6.50. The van der Waals surface area contributed by atoms with Crippen LogP contribution in [0.2, 0.25) is 0 Å². The van der Waals surface area contributed by atoms with Crippen LogP contribution in [-0.2, 0) is 30.2 Å². The van der Waals surface area contributed by atoms with Crippen molar-refractivity contribution in [2.45, 2.75) is 38.9 Å². The van der Waals surface area contributed by atoms with Gasteiger partial charge in [0.05, 0.1) is 5.69 Å². The standard InChI is InChI=1S/C12H20N6O2S/c1-7-10(5-13)12(16-15-7)21(19,20)14-6-11-8(2)17-18(4)9(11)3/h14H,5-6,13H2,1-4H3,(H,15,16). The van der Waals surface area contributed by atoms with Gasteiger partial charge in [0.25, 0.3) is 10.0 Å². The molecule has 0 aromatic carbocycles. The molecule has 8 nitrogen and oxygen atoms in total. The fourth-order valence-corrected chi connectivity index (χ4v) is 3.40. The van der Waals surface area contributed by atoms with Gasteiger partial charge >= 0.3 is 0 Å². The first-order chi connectivity index (χ1) is 9.77. The predicted molar refractivity (Wildman–Crippen MR) is 77.9 cm³/mol. The molecule has 0 unspecified atom stereocenters. The van der Waals surface area contributed by atoms with Crippen LogP contribution < -0.4 is 10.5 Å². The zero-order chi connectivity index (χ0) is 15.8. The van der Waals surface area contributed by atoms with Gasteiger partial charge in [0.2, 0.25) is 0 Å². The number of hydrogen-bond donors (Lipinski definition) is 3. The van der Waals surface area contributed by atoms with E-state index in [2.05, 4.69) is 20.0 Å². The van der Waals surface area contributed by atoms with Gasteiger partial charge in [-0.05, 0) is 20.8 Å². The monoisotopic (exact) mass is 312 g/mol. The average Bonchev–Trinajstić information content (AvgIpc) is 2.90. The van der Waals surface area contributed by atoms with Crippen LogP contribution in [0.15, 0.2) is 5.03 Å². The van der Waals surface area contributed by atoms with E-state index < -0.39 is 10.0 Å². The number of nitrogens with two attached hydrogens (primary N) is 1. The Bertz CT molecular complexity index is 759. The molecule has 0 atom stereocenters. The minimum atomic E-state index is -3.71. The summed E-state index contributed by atoms with van der Waals surface area (Å²) in [4.78, 5) is 0. The lowest BCUT2D eigenvalue weighted by Crippen LogP contribution is -2.25. The van der Waals surface area contributed by atoms with E-state index in [0.717, 1.165) is 17.0 Å². The molecule has 2 aromatic rings. The summed E-state index contributed by atoms with van der Waals surface area (Å²) in [6, 6.07) is 0. The van der Waals surface area contributed by atoms with Crippen LogP contribution in [0.4, 0.5) is 0 Å². The van der Waals surface area contributed by atoms with Crippen molar-refractivity contribution in [3.05, 3.63) is 28.2 Å². The van der Waals surface area contributed by atoms with Gasteiger partial charge in [-0.15, -0.1) is 0 Å². The van der Waals surface area contributed by atoms with Gasteiger partial charge in [-0.25, -0.2) is 13.1 Å². The maximum atomic E-state index is 12.4. The molecule has 0 fully saturated rings. The Hall–Kier alpha value is -1.71. The van der Waals surface area contributed by atoms with E-state index in [9.17, 15) is 8.42 Å². The van der Waals surface area contributed by atoms with Crippen LogP contribution in [0.3, 0.4) is 0 Å². The van der Waals surface area contributed by atoms with E-state index in [1.807, 2.05) is 20.9 Å². The predicted octanol–water partition coefficient (Wildman–Crippen LogP) is 0.00566. The Labute approximate surface area is 123 Å². The third kappa shape index (κ3) is 2.85. The highest BCUT2D eigenvalue weighted by Crippen LogP contribution is 2.17. The minimum Gasteiger partial charge on any atom is -0.326 e. The first-order valence-corrected chi connectivity index (χ1v) is 7.99. The van der Waals surface area contributed by atoms with Crippen molar-refractivity contribution >= 4 is 10.0 Å². The largest absolute Gasteiger partial charge is 0.326 e. The molecule has 0 saturated heterocycles. The number of aromatic nitrogens is 4. The minimum absolute atomic E-state index is 0.0401. The normalized spacial score (nSPS) is 12.0. The molecule has 9 heteroatoms. The molecule has 0 saturated carbocycles. The van der Waals surface area contributed by atoms with E-state index in [0.29, 0.717) is 11.3 Å². The molecule has 0 aliphatic carbocycles. The van der Waals surface area contributed by atoms with Crippen LogP contribution in [0, 0.1) is 20.8 Å². The zero-order valence-corrected chi connectivity index (χ0v) is 13.4. The maximum absolute atomic E-state index is 12.4. The molecule has 2 aromatic heterocycles. The quantitative estimate of drug-likeness (QED) is 0.718. The van der Waals surface area contributed by atoms with Crippen LogP contribution in [0.25, 0.3) is 0 Å². The first kappa shape index (κ1) is 15.7. The van der Waals surface area contributed by atoms with Gasteiger partial charge in [-0.1, -0.05) is 0 Å². The second kappa shape index (κ2) is 5.58. The molecule has 0 radical (unpaired) electrons. The third-order valence-corrected chi connectivity index (χ3v) is 4.96. The average molecular weight is 312 g/mol. The maximum Gasteiger partial charge on any atom is 0.260 e. The number of H-pyrrole nitrogens is 1. The van der Waals surface area contributed by atoms with Crippen molar-refractivity contribution in [1.29, 1.82) is 0 Å². The summed E-state index contributed by atoms with van der Waals surface area (Å²) < 4.78 is 29.0. The van der Waals surface area contributed by atoms with Crippen molar-refractivity contribution in [2.75, 3.05) is 0 Å². The molecule has 4 N–H and O–H groups in total. The van der Waals surface area contributed by atoms with Crippen molar-refractivity contribution in [3.63, 3.8) is 0 Å². The Kier molecular flexibility index (Phi) is 4.17. The summed E-state index contributed by atoms with van der Waals surface area (Å²) in [6.07, 6.45) is 0. The molecule has 0 amide bonds. The molecular weight excluding hydrogens is 292 g/mol. The van der Waals surface area contributed by atoms with Crippen molar-refractivity contribution < 1.29 is 8.42 Å². The number of rotatable bonds is 5. The van der Waals surface area contributed by atoms with Crippen molar-refractivity contribution in [2.24, 2.45) is 12.8 Å². The van der Waals surface area contributed by atoms with Crippen LogP contribution >= 0.6 is 0 Å². The summed E-state index contributed by atoms with van der Waals surface area (Å²) in [5, 5.41) is 10.7. The number of nitrogens with one attached hydrogen (secondary N) is 2. The topological polar surface area (TPSA) is 119 Å². The van der Waals surface area contributed by atoms with E-state index >= 15 is 0 Å². The molecule has 0 spiro atoms. The highest BCUT2D eigenvalue weighted by molar-refractivity contribution is 7.89. The SMILES string of the molecule is Cc1nn(C)c(C)c1CNS(=O)(=O)c1n[nH]c(C)c1CN. The van der Waals surface area contributed by atoms with Gasteiger partial charge in [0.1, 0.15) is 0 Å². The smallest absolute Gasteiger partial charge is 0.260 e. The lowest BCUT2D eigenvalue weighted by Gasteiger charge is -2.06. The van der Waals surface area contributed by atoms with Crippen molar-refractivity contribution in [1.82, 2.24) is 24.7 Å². The Morgan fingerprint density at radius 1 is 1.29 bits per heavy atom.